The highest BCUT2D eigenvalue weighted by Gasteiger charge is 2.33. The Balaban J connectivity index is 2.11. The average Bonchev–Trinajstić information content (AvgIpc) is 2.71. The van der Waals surface area contributed by atoms with Crippen LogP contribution in [0, 0.1) is 23.2 Å². The summed E-state index contributed by atoms with van der Waals surface area (Å²) in [5, 5.41) is 8.72. The molecule has 2 rings (SSSR count). The van der Waals surface area contributed by atoms with Crippen molar-refractivity contribution in [2.75, 3.05) is 13.1 Å². The van der Waals surface area contributed by atoms with Crippen molar-refractivity contribution >= 4 is 10.0 Å². The second kappa shape index (κ2) is 5.32. The lowest BCUT2D eigenvalue weighted by Gasteiger charge is -2.16. The molecular formula is C14H18N2O2S. The topological polar surface area (TPSA) is 61.2 Å². The Labute approximate surface area is 114 Å². The van der Waals surface area contributed by atoms with Gasteiger partial charge in [-0.2, -0.15) is 5.26 Å². The number of nitrogens with zero attached hydrogens (tertiary/aromatic N) is 2. The van der Waals surface area contributed by atoms with Crippen molar-refractivity contribution in [3.05, 3.63) is 35.4 Å². The molecule has 0 N–H and O–H groups in total. The normalized spacial score (nSPS) is 24.3. The van der Waals surface area contributed by atoms with E-state index in [4.69, 9.17) is 5.26 Å². The number of rotatable bonds is 3. The van der Waals surface area contributed by atoms with Crippen LogP contribution in [0.2, 0.25) is 0 Å². The number of hydrogen-bond donors (Lipinski definition) is 0. The number of benzene rings is 1. The van der Waals surface area contributed by atoms with Crippen molar-refractivity contribution in [2.24, 2.45) is 11.8 Å². The zero-order valence-corrected chi connectivity index (χ0v) is 12.0. The fraction of sp³-hybridized carbons (Fsp3) is 0.500. The first kappa shape index (κ1) is 14.0. The molecule has 0 aromatic heterocycles. The Morgan fingerprint density at radius 3 is 2.21 bits per heavy atom. The first-order chi connectivity index (χ1) is 8.92. The Morgan fingerprint density at radius 2 is 1.74 bits per heavy atom. The van der Waals surface area contributed by atoms with Crippen molar-refractivity contribution in [1.29, 1.82) is 5.26 Å². The van der Waals surface area contributed by atoms with Gasteiger partial charge in [-0.25, -0.2) is 12.7 Å². The Bertz CT molecular complexity index is 577. The summed E-state index contributed by atoms with van der Waals surface area (Å²) in [6, 6.07) is 8.74. The van der Waals surface area contributed by atoms with Gasteiger partial charge in [-0.3, -0.25) is 0 Å². The van der Waals surface area contributed by atoms with Crippen molar-refractivity contribution in [3.63, 3.8) is 0 Å². The molecule has 4 nitrogen and oxygen atoms in total. The van der Waals surface area contributed by atoms with Crippen molar-refractivity contribution < 1.29 is 8.42 Å². The van der Waals surface area contributed by atoms with Crippen LogP contribution < -0.4 is 0 Å². The van der Waals surface area contributed by atoms with E-state index in [1.165, 1.54) is 0 Å². The van der Waals surface area contributed by atoms with Crippen molar-refractivity contribution in [3.8, 4) is 6.07 Å². The van der Waals surface area contributed by atoms with E-state index in [0.29, 0.717) is 30.5 Å². The third kappa shape index (κ3) is 3.14. The van der Waals surface area contributed by atoms with Crippen LogP contribution in [0.25, 0.3) is 0 Å². The van der Waals surface area contributed by atoms with Crippen LogP contribution in [-0.4, -0.2) is 25.8 Å². The van der Waals surface area contributed by atoms with Gasteiger partial charge in [0.15, 0.2) is 0 Å². The number of hydrogen-bond acceptors (Lipinski definition) is 3. The minimum absolute atomic E-state index is 0.0121. The molecule has 0 radical (unpaired) electrons. The molecule has 0 bridgehead atoms. The van der Waals surface area contributed by atoms with Gasteiger partial charge in [0.25, 0.3) is 0 Å². The molecule has 1 aliphatic rings. The predicted octanol–water partition coefficient (Wildman–Crippen LogP) is 1.98. The van der Waals surface area contributed by atoms with Gasteiger partial charge in [0.05, 0.1) is 17.4 Å². The van der Waals surface area contributed by atoms with E-state index in [1.54, 1.807) is 28.6 Å². The first-order valence-electron chi connectivity index (χ1n) is 6.39. The molecule has 2 unspecified atom stereocenters. The van der Waals surface area contributed by atoms with Gasteiger partial charge in [-0.1, -0.05) is 26.0 Å². The zero-order chi connectivity index (χ0) is 14.0. The Kier molecular flexibility index (Phi) is 3.93. The lowest BCUT2D eigenvalue weighted by molar-refractivity contribution is 0.462. The lowest BCUT2D eigenvalue weighted by atomic mass is 10.0. The van der Waals surface area contributed by atoms with Crippen LogP contribution in [0.3, 0.4) is 0 Å². The van der Waals surface area contributed by atoms with E-state index in [0.717, 1.165) is 5.56 Å². The fourth-order valence-corrected chi connectivity index (χ4v) is 4.00. The van der Waals surface area contributed by atoms with E-state index in [-0.39, 0.29) is 5.75 Å². The third-order valence-corrected chi connectivity index (χ3v) is 5.56. The lowest BCUT2D eigenvalue weighted by Crippen LogP contribution is -2.30. The zero-order valence-electron chi connectivity index (χ0n) is 11.2. The summed E-state index contributed by atoms with van der Waals surface area (Å²) in [5.41, 5.74) is 1.27. The maximum absolute atomic E-state index is 12.3. The Hall–Kier alpha value is -1.38. The maximum Gasteiger partial charge on any atom is 0.218 e. The van der Waals surface area contributed by atoms with Gasteiger partial charge < -0.3 is 0 Å². The van der Waals surface area contributed by atoms with Crippen LogP contribution >= 0.6 is 0 Å². The summed E-state index contributed by atoms with van der Waals surface area (Å²) in [5.74, 6) is 0.837. The molecule has 1 aromatic rings. The average molecular weight is 278 g/mol. The van der Waals surface area contributed by atoms with Crippen molar-refractivity contribution in [2.45, 2.75) is 19.6 Å². The van der Waals surface area contributed by atoms with E-state index in [2.05, 4.69) is 13.8 Å². The molecular weight excluding hydrogens is 260 g/mol. The van der Waals surface area contributed by atoms with Crippen LogP contribution in [0.1, 0.15) is 25.0 Å². The predicted molar refractivity (Wildman–Crippen MR) is 73.7 cm³/mol. The van der Waals surface area contributed by atoms with E-state index in [1.807, 2.05) is 6.07 Å². The second-order valence-corrected chi connectivity index (χ2v) is 7.31. The highest BCUT2D eigenvalue weighted by molar-refractivity contribution is 7.88. The van der Waals surface area contributed by atoms with Gasteiger partial charge in [-0.05, 0) is 29.5 Å². The van der Waals surface area contributed by atoms with Crippen LogP contribution in [0.15, 0.2) is 24.3 Å². The SMILES string of the molecule is CC1CN(S(=O)(=O)Cc2ccc(C#N)cc2)CC1C. The van der Waals surface area contributed by atoms with E-state index < -0.39 is 10.0 Å². The molecule has 19 heavy (non-hydrogen) atoms. The standard InChI is InChI=1S/C14H18N2O2S/c1-11-8-16(9-12(11)2)19(17,18)10-14-5-3-13(7-15)4-6-14/h3-6,11-12H,8-10H2,1-2H3. The van der Waals surface area contributed by atoms with Gasteiger partial charge in [0.2, 0.25) is 10.0 Å². The number of sulfonamides is 1. The van der Waals surface area contributed by atoms with Crippen LogP contribution in [0.5, 0.6) is 0 Å². The fourth-order valence-electron chi connectivity index (χ4n) is 2.28. The largest absolute Gasteiger partial charge is 0.218 e. The molecule has 0 amide bonds. The maximum atomic E-state index is 12.3. The second-order valence-electron chi connectivity index (χ2n) is 5.34. The first-order valence-corrected chi connectivity index (χ1v) is 8.00. The molecule has 5 heteroatoms. The molecule has 1 aliphatic heterocycles. The summed E-state index contributed by atoms with van der Waals surface area (Å²) in [6.07, 6.45) is 0. The van der Waals surface area contributed by atoms with E-state index >= 15 is 0 Å². The molecule has 102 valence electrons. The third-order valence-electron chi connectivity index (χ3n) is 3.78. The molecule has 1 saturated heterocycles. The highest BCUT2D eigenvalue weighted by Crippen LogP contribution is 2.26. The monoisotopic (exact) mass is 278 g/mol. The van der Waals surface area contributed by atoms with Crippen LogP contribution in [0.4, 0.5) is 0 Å². The van der Waals surface area contributed by atoms with Gasteiger partial charge in [0, 0.05) is 13.1 Å². The summed E-state index contributed by atoms with van der Waals surface area (Å²) in [4.78, 5) is 0. The van der Waals surface area contributed by atoms with Crippen molar-refractivity contribution in [1.82, 2.24) is 4.31 Å². The summed E-state index contributed by atoms with van der Waals surface area (Å²) in [7, 11) is -3.25. The van der Waals surface area contributed by atoms with Gasteiger partial charge in [0.1, 0.15) is 0 Å². The smallest absolute Gasteiger partial charge is 0.212 e. The summed E-state index contributed by atoms with van der Waals surface area (Å²) < 4.78 is 26.2. The van der Waals surface area contributed by atoms with Gasteiger partial charge in [-0.15, -0.1) is 0 Å². The molecule has 1 heterocycles. The quantitative estimate of drug-likeness (QED) is 0.849. The van der Waals surface area contributed by atoms with E-state index in [9.17, 15) is 8.42 Å². The minimum atomic E-state index is -3.25. The molecule has 0 saturated carbocycles. The number of nitriles is 1. The Morgan fingerprint density at radius 1 is 1.21 bits per heavy atom. The summed E-state index contributed by atoms with van der Waals surface area (Å²) in [6.45, 7) is 5.39. The summed E-state index contributed by atoms with van der Waals surface area (Å²) >= 11 is 0. The van der Waals surface area contributed by atoms with Crippen LogP contribution in [-0.2, 0) is 15.8 Å². The van der Waals surface area contributed by atoms with Gasteiger partial charge >= 0.3 is 0 Å². The minimum Gasteiger partial charge on any atom is -0.212 e. The molecule has 2 atom stereocenters. The molecule has 1 aromatic carbocycles. The highest BCUT2D eigenvalue weighted by atomic mass is 32.2. The molecule has 1 fully saturated rings. The molecule has 0 aliphatic carbocycles. The molecule has 0 spiro atoms.